The number of hydrogen-bond donors (Lipinski definition) is 2. The van der Waals surface area contributed by atoms with Gasteiger partial charge in [0.1, 0.15) is 0 Å². The van der Waals surface area contributed by atoms with Gasteiger partial charge in [-0.3, -0.25) is 4.72 Å². The molecule has 1 aromatic carbocycles. The number of furan rings is 1. The van der Waals surface area contributed by atoms with Gasteiger partial charge in [0.15, 0.2) is 0 Å². The number of sulfonamides is 1. The quantitative estimate of drug-likeness (QED) is 0.778. The average molecular weight is 393 g/mol. The topological polar surface area (TPSA) is 96.6 Å². The first-order valence-electron chi connectivity index (χ1n) is 5.00. The van der Waals surface area contributed by atoms with Crippen LogP contribution < -0.4 is 4.72 Å². The van der Waals surface area contributed by atoms with E-state index >= 15 is 0 Å². The van der Waals surface area contributed by atoms with E-state index < -0.39 is 26.8 Å². The summed E-state index contributed by atoms with van der Waals surface area (Å²) >= 11 is 1.98. The summed E-state index contributed by atoms with van der Waals surface area (Å²) in [5.41, 5.74) is 0.399. The highest BCUT2D eigenvalue weighted by Crippen LogP contribution is 2.22. The second-order valence-corrected chi connectivity index (χ2v) is 6.28. The molecule has 2 N–H and O–H groups in total. The number of carboxylic acids is 1. The summed E-state index contributed by atoms with van der Waals surface area (Å²) in [6.45, 7) is 0. The molecule has 0 spiro atoms. The number of carboxylic acid groups (broad SMARTS) is 1. The number of hydrogen-bond acceptors (Lipinski definition) is 4. The monoisotopic (exact) mass is 393 g/mol. The Bertz CT molecular complexity index is 722. The first-order chi connectivity index (χ1) is 8.90. The van der Waals surface area contributed by atoms with Gasteiger partial charge in [-0.25, -0.2) is 4.79 Å². The highest BCUT2D eigenvalue weighted by Gasteiger charge is 2.21. The maximum absolute atomic E-state index is 12.0. The summed E-state index contributed by atoms with van der Waals surface area (Å²) in [4.78, 5) is 10.6. The Labute approximate surface area is 122 Å². The first kappa shape index (κ1) is 13.9. The Balaban J connectivity index is 2.32. The van der Waals surface area contributed by atoms with Gasteiger partial charge in [0, 0.05) is 3.57 Å². The molecule has 19 heavy (non-hydrogen) atoms. The van der Waals surface area contributed by atoms with E-state index in [4.69, 9.17) is 9.52 Å². The molecule has 6 nitrogen and oxygen atoms in total. The largest absolute Gasteiger partial charge is 0.475 e. The highest BCUT2D eigenvalue weighted by atomic mass is 127. The number of benzene rings is 1. The average Bonchev–Trinajstić information content (AvgIpc) is 2.82. The van der Waals surface area contributed by atoms with Gasteiger partial charge >= 0.3 is 5.97 Å². The van der Waals surface area contributed by atoms with Crippen LogP contribution >= 0.6 is 22.6 Å². The fourth-order valence-electron chi connectivity index (χ4n) is 1.32. The maximum atomic E-state index is 12.0. The molecular weight excluding hydrogens is 385 g/mol. The molecule has 1 heterocycles. The van der Waals surface area contributed by atoms with Crippen molar-refractivity contribution in [3.05, 3.63) is 45.7 Å². The molecule has 0 saturated carbocycles. The minimum absolute atomic E-state index is 0.399. The van der Waals surface area contributed by atoms with Gasteiger partial charge in [0.05, 0.1) is 5.69 Å². The molecule has 1 aromatic heterocycles. The number of aromatic carboxylic acids is 1. The third kappa shape index (κ3) is 3.07. The van der Waals surface area contributed by atoms with Crippen molar-refractivity contribution in [2.45, 2.75) is 5.09 Å². The summed E-state index contributed by atoms with van der Waals surface area (Å²) in [6.07, 6.45) is 0. The second kappa shape index (κ2) is 5.21. The molecule has 0 aliphatic rings. The van der Waals surface area contributed by atoms with E-state index in [1.807, 2.05) is 22.6 Å². The Morgan fingerprint density at radius 2 is 1.89 bits per heavy atom. The van der Waals surface area contributed by atoms with Crippen molar-refractivity contribution in [3.8, 4) is 0 Å². The van der Waals surface area contributed by atoms with E-state index in [0.29, 0.717) is 9.26 Å². The molecule has 0 atom stereocenters. The van der Waals surface area contributed by atoms with Gasteiger partial charge < -0.3 is 9.52 Å². The first-order valence-corrected chi connectivity index (χ1v) is 7.57. The van der Waals surface area contributed by atoms with Crippen molar-refractivity contribution in [3.63, 3.8) is 0 Å². The molecule has 0 unspecified atom stereocenters. The summed E-state index contributed by atoms with van der Waals surface area (Å²) in [5.74, 6) is -1.75. The number of rotatable bonds is 4. The molecule has 0 aliphatic carbocycles. The lowest BCUT2D eigenvalue weighted by atomic mass is 10.3. The van der Waals surface area contributed by atoms with Gasteiger partial charge in [0.25, 0.3) is 10.0 Å². The fourth-order valence-corrected chi connectivity index (χ4v) is 3.04. The van der Waals surface area contributed by atoms with Crippen molar-refractivity contribution >= 4 is 44.3 Å². The third-order valence-corrected chi connectivity index (χ3v) is 4.35. The van der Waals surface area contributed by atoms with E-state index in [0.717, 1.165) is 12.1 Å². The Morgan fingerprint density at radius 1 is 1.21 bits per heavy atom. The van der Waals surface area contributed by atoms with Crippen molar-refractivity contribution in [2.24, 2.45) is 0 Å². The number of halogens is 1. The van der Waals surface area contributed by atoms with Crippen molar-refractivity contribution < 1.29 is 22.7 Å². The SMILES string of the molecule is O=C(O)c1ccc(S(=O)(=O)Nc2ccccc2I)o1. The smallest absolute Gasteiger partial charge is 0.371 e. The van der Waals surface area contributed by atoms with E-state index in [-0.39, 0.29) is 0 Å². The summed E-state index contributed by atoms with van der Waals surface area (Å²) in [6, 6.07) is 8.98. The van der Waals surface area contributed by atoms with E-state index in [1.54, 1.807) is 24.3 Å². The molecule has 0 fully saturated rings. The Kier molecular flexibility index (Phi) is 3.80. The fraction of sp³-hybridized carbons (Fsp3) is 0. The molecule has 100 valence electrons. The molecule has 0 amide bonds. The summed E-state index contributed by atoms with van der Waals surface area (Å²) in [5, 5.41) is 8.25. The minimum atomic E-state index is -3.93. The van der Waals surface area contributed by atoms with E-state index in [1.165, 1.54) is 0 Å². The molecule has 0 radical (unpaired) electrons. The van der Waals surface area contributed by atoms with Gasteiger partial charge in [0.2, 0.25) is 10.9 Å². The molecule has 0 saturated heterocycles. The molecular formula is C11H8INO5S. The van der Waals surface area contributed by atoms with E-state index in [2.05, 4.69) is 4.72 Å². The lowest BCUT2D eigenvalue weighted by molar-refractivity contribution is 0.0656. The second-order valence-electron chi connectivity index (χ2n) is 3.51. The van der Waals surface area contributed by atoms with Crippen LogP contribution in [0.3, 0.4) is 0 Å². The molecule has 2 aromatic rings. The van der Waals surface area contributed by atoms with Crippen molar-refractivity contribution in [1.29, 1.82) is 0 Å². The maximum Gasteiger partial charge on any atom is 0.371 e. The van der Waals surface area contributed by atoms with Crippen LogP contribution in [0.25, 0.3) is 0 Å². The van der Waals surface area contributed by atoms with Gasteiger partial charge in [-0.1, -0.05) is 12.1 Å². The van der Waals surface area contributed by atoms with Crippen LogP contribution in [0.15, 0.2) is 45.9 Å². The third-order valence-electron chi connectivity index (χ3n) is 2.18. The number of anilines is 1. The van der Waals surface area contributed by atoms with Gasteiger partial charge in [-0.05, 0) is 46.9 Å². The number of carbonyl (C=O) groups is 1. The highest BCUT2D eigenvalue weighted by molar-refractivity contribution is 14.1. The molecule has 0 bridgehead atoms. The van der Waals surface area contributed by atoms with Gasteiger partial charge in [-0.2, -0.15) is 8.42 Å². The Morgan fingerprint density at radius 3 is 2.47 bits per heavy atom. The summed E-state index contributed by atoms with van der Waals surface area (Å²) in [7, 11) is -3.93. The van der Waals surface area contributed by atoms with Crippen LogP contribution in [0.2, 0.25) is 0 Å². The van der Waals surface area contributed by atoms with Crippen LogP contribution in [0, 0.1) is 3.57 Å². The number of para-hydroxylation sites is 1. The van der Waals surface area contributed by atoms with Crippen LogP contribution in [-0.2, 0) is 10.0 Å². The van der Waals surface area contributed by atoms with Crippen molar-refractivity contribution in [1.82, 2.24) is 0 Å². The van der Waals surface area contributed by atoms with Crippen LogP contribution in [-0.4, -0.2) is 19.5 Å². The molecule has 8 heteroatoms. The van der Waals surface area contributed by atoms with Crippen LogP contribution in [0.5, 0.6) is 0 Å². The normalized spacial score (nSPS) is 11.2. The van der Waals surface area contributed by atoms with Crippen LogP contribution in [0.1, 0.15) is 10.6 Å². The zero-order chi connectivity index (χ0) is 14.0. The zero-order valence-electron chi connectivity index (χ0n) is 9.33. The predicted octanol–water partition coefficient (Wildman–Crippen LogP) is 2.38. The van der Waals surface area contributed by atoms with E-state index in [9.17, 15) is 13.2 Å². The van der Waals surface area contributed by atoms with Gasteiger partial charge in [-0.15, -0.1) is 0 Å². The lowest BCUT2D eigenvalue weighted by Crippen LogP contribution is -2.13. The standard InChI is InChI=1S/C11H8INO5S/c12-7-3-1-2-4-8(7)13-19(16,17)10-6-5-9(18-10)11(14)15/h1-6,13H,(H,14,15). The summed E-state index contributed by atoms with van der Waals surface area (Å²) < 4.78 is 31.8. The Hall–Kier alpha value is -1.55. The predicted molar refractivity (Wildman–Crippen MR) is 75.6 cm³/mol. The molecule has 0 aliphatic heterocycles. The molecule has 2 rings (SSSR count). The van der Waals surface area contributed by atoms with Crippen LogP contribution in [0.4, 0.5) is 5.69 Å². The van der Waals surface area contributed by atoms with Crippen molar-refractivity contribution in [2.75, 3.05) is 4.72 Å². The minimum Gasteiger partial charge on any atom is -0.475 e. The zero-order valence-corrected chi connectivity index (χ0v) is 12.3. The number of nitrogens with one attached hydrogen (secondary N) is 1. The lowest BCUT2D eigenvalue weighted by Gasteiger charge is -2.07.